The predicted molar refractivity (Wildman–Crippen MR) is 119 cm³/mol. The highest BCUT2D eigenvalue weighted by molar-refractivity contribution is 5.47. The summed E-state index contributed by atoms with van der Waals surface area (Å²) >= 11 is 0. The van der Waals surface area contributed by atoms with E-state index in [9.17, 15) is 0 Å². The summed E-state index contributed by atoms with van der Waals surface area (Å²) < 4.78 is 0. The number of benzene rings is 2. The first-order valence-corrected chi connectivity index (χ1v) is 10.8. The van der Waals surface area contributed by atoms with E-state index >= 15 is 0 Å². The number of aromatic amines is 2. The summed E-state index contributed by atoms with van der Waals surface area (Å²) in [4.78, 5) is 6.39. The van der Waals surface area contributed by atoms with Gasteiger partial charge in [-0.15, -0.1) is 0 Å². The molecular formula is C28H28N2+2. The molecule has 148 valence electrons. The van der Waals surface area contributed by atoms with E-state index in [-0.39, 0.29) is 0 Å². The minimum absolute atomic E-state index is 0.441. The Labute approximate surface area is 178 Å². The van der Waals surface area contributed by atoms with Crippen LogP contribution in [0.4, 0.5) is 0 Å². The van der Waals surface area contributed by atoms with Gasteiger partial charge in [0.15, 0.2) is 24.8 Å². The molecule has 4 atom stereocenters. The van der Waals surface area contributed by atoms with Crippen molar-refractivity contribution in [2.75, 3.05) is 0 Å². The molecule has 0 saturated heterocycles. The summed E-state index contributed by atoms with van der Waals surface area (Å²) in [6, 6.07) is 27.3. The Balaban J connectivity index is 1.67. The number of aromatic nitrogens is 2. The van der Waals surface area contributed by atoms with Crippen molar-refractivity contribution in [3.05, 3.63) is 131 Å². The first-order chi connectivity index (χ1) is 14.7. The molecule has 1 fully saturated rings. The van der Waals surface area contributed by atoms with E-state index in [4.69, 9.17) is 0 Å². The Bertz CT molecular complexity index is 1010. The predicted octanol–water partition coefficient (Wildman–Crippen LogP) is 5.38. The van der Waals surface area contributed by atoms with Crippen molar-refractivity contribution in [2.24, 2.45) is 0 Å². The van der Waals surface area contributed by atoms with Gasteiger partial charge in [-0.3, -0.25) is 0 Å². The lowest BCUT2D eigenvalue weighted by Crippen LogP contribution is -2.40. The van der Waals surface area contributed by atoms with Crippen LogP contribution in [0.3, 0.4) is 0 Å². The van der Waals surface area contributed by atoms with Crippen LogP contribution in [-0.2, 0) is 0 Å². The van der Waals surface area contributed by atoms with Gasteiger partial charge in [-0.2, -0.15) is 0 Å². The van der Waals surface area contributed by atoms with Crippen molar-refractivity contribution in [1.29, 1.82) is 0 Å². The molecule has 0 radical (unpaired) electrons. The van der Waals surface area contributed by atoms with Crippen LogP contribution in [0.1, 0.15) is 57.1 Å². The van der Waals surface area contributed by atoms with Crippen molar-refractivity contribution >= 4 is 0 Å². The van der Waals surface area contributed by atoms with Gasteiger partial charge in [0.05, 0.1) is 0 Å². The van der Waals surface area contributed by atoms with E-state index in [0.717, 1.165) is 0 Å². The third-order valence-electron chi connectivity index (χ3n) is 6.73. The lowest BCUT2D eigenvalue weighted by Gasteiger charge is -2.53. The fourth-order valence-corrected chi connectivity index (χ4v) is 5.23. The third-order valence-corrected chi connectivity index (χ3v) is 6.73. The topological polar surface area (TPSA) is 28.3 Å². The van der Waals surface area contributed by atoms with Gasteiger partial charge in [0, 0.05) is 24.3 Å². The zero-order valence-corrected chi connectivity index (χ0v) is 17.5. The quantitative estimate of drug-likeness (QED) is 0.446. The van der Waals surface area contributed by atoms with Crippen LogP contribution in [0.5, 0.6) is 0 Å². The highest BCUT2D eigenvalue weighted by Crippen LogP contribution is 2.66. The van der Waals surface area contributed by atoms with E-state index in [2.05, 4.69) is 121 Å². The van der Waals surface area contributed by atoms with E-state index in [1.54, 1.807) is 0 Å². The molecule has 2 nitrogen and oxygen atoms in total. The lowest BCUT2D eigenvalue weighted by atomic mass is 9.49. The fourth-order valence-electron chi connectivity index (χ4n) is 5.23. The monoisotopic (exact) mass is 392 g/mol. The largest absolute Gasteiger partial charge is 0.218 e. The van der Waals surface area contributed by atoms with Gasteiger partial charge in [-0.25, -0.2) is 9.97 Å². The van der Waals surface area contributed by atoms with Crippen LogP contribution >= 0.6 is 0 Å². The summed E-state index contributed by atoms with van der Waals surface area (Å²) in [5, 5.41) is 0. The summed E-state index contributed by atoms with van der Waals surface area (Å²) in [6.45, 7) is 4.32. The molecule has 2 N–H and O–H groups in total. The number of pyridine rings is 2. The second-order valence-corrected chi connectivity index (χ2v) is 8.59. The maximum absolute atomic E-state index is 3.20. The van der Waals surface area contributed by atoms with Gasteiger partial charge in [0.1, 0.15) is 0 Å². The molecule has 1 aliphatic carbocycles. The Morgan fingerprint density at radius 3 is 0.967 bits per heavy atom. The Hall–Kier alpha value is -3.26. The molecule has 2 aromatic carbocycles. The minimum atomic E-state index is 0.441. The van der Waals surface area contributed by atoms with E-state index in [1.165, 1.54) is 33.4 Å². The SMILES string of the molecule is Cc1ccc([C@@H]2[C@@H](c3cc[nH+]cc3)[C@@H](c3cc[nH+]cc3)[C@@H]2c2ccc(C)cc2)cc1. The van der Waals surface area contributed by atoms with Gasteiger partial charge in [-0.1, -0.05) is 59.7 Å². The zero-order chi connectivity index (χ0) is 20.5. The number of rotatable bonds is 4. The molecule has 0 unspecified atom stereocenters. The average Bonchev–Trinajstić information content (AvgIpc) is 2.77. The average molecular weight is 393 g/mol. The molecule has 2 heterocycles. The number of hydrogen-bond acceptors (Lipinski definition) is 0. The molecule has 2 heteroatoms. The summed E-state index contributed by atoms with van der Waals surface area (Å²) in [5.74, 6) is 1.78. The second-order valence-electron chi connectivity index (χ2n) is 8.59. The smallest absolute Gasteiger partial charge is 0.167 e. The minimum Gasteiger partial charge on any atom is -0.218 e. The molecule has 1 saturated carbocycles. The van der Waals surface area contributed by atoms with E-state index < -0.39 is 0 Å². The zero-order valence-electron chi connectivity index (χ0n) is 17.5. The van der Waals surface area contributed by atoms with E-state index in [0.29, 0.717) is 23.7 Å². The normalized spacial score (nSPS) is 23.0. The lowest BCUT2D eigenvalue weighted by molar-refractivity contribution is -0.378. The van der Waals surface area contributed by atoms with Crippen molar-refractivity contribution in [1.82, 2.24) is 0 Å². The second kappa shape index (κ2) is 7.87. The van der Waals surface area contributed by atoms with Crippen molar-refractivity contribution < 1.29 is 9.97 Å². The molecule has 0 aliphatic heterocycles. The van der Waals surface area contributed by atoms with Gasteiger partial charge in [-0.05, 0) is 59.8 Å². The van der Waals surface area contributed by atoms with Crippen molar-refractivity contribution in [2.45, 2.75) is 37.5 Å². The van der Waals surface area contributed by atoms with E-state index in [1.807, 2.05) is 0 Å². The molecule has 4 aromatic rings. The van der Waals surface area contributed by atoms with Crippen LogP contribution in [0.25, 0.3) is 0 Å². The number of hydrogen-bond donors (Lipinski definition) is 0. The Kier molecular flexibility index (Phi) is 4.92. The van der Waals surface area contributed by atoms with Gasteiger partial charge in [0.25, 0.3) is 0 Å². The van der Waals surface area contributed by atoms with Crippen LogP contribution in [0, 0.1) is 13.8 Å². The molecule has 5 rings (SSSR count). The molecule has 0 spiro atoms. The summed E-state index contributed by atoms with van der Waals surface area (Å²) in [6.07, 6.45) is 8.21. The van der Waals surface area contributed by atoms with Gasteiger partial charge >= 0.3 is 0 Å². The Morgan fingerprint density at radius 1 is 0.400 bits per heavy atom. The van der Waals surface area contributed by atoms with Crippen LogP contribution in [0.2, 0.25) is 0 Å². The number of H-pyrrole nitrogens is 2. The molecule has 0 amide bonds. The Morgan fingerprint density at radius 2 is 0.667 bits per heavy atom. The van der Waals surface area contributed by atoms with Crippen LogP contribution < -0.4 is 9.97 Å². The van der Waals surface area contributed by atoms with Crippen LogP contribution in [-0.4, -0.2) is 0 Å². The molecular weight excluding hydrogens is 364 g/mol. The summed E-state index contributed by atoms with van der Waals surface area (Å²) in [7, 11) is 0. The first-order valence-electron chi connectivity index (χ1n) is 10.8. The van der Waals surface area contributed by atoms with Gasteiger partial charge < -0.3 is 0 Å². The van der Waals surface area contributed by atoms with Crippen molar-refractivity contribution in [3.63, 3.8) is 0 Å². The number of aryl methyl sites for hydroxylation is 2. The maximum atomic E-state index is 3.20. The molecule has 0 bridgehead atoms. The maximum Gasteiger partial charge on any atom is 0.167 e. The molecule has 2 aromatic heterocycles. The van der Waals surface area contributed by atoms with Crippen molar-refractivity contribution in [3.8, 4) is 0 Å². The standard InChI is InChI=1S/C28H26N2/c1-19-3-7-21(8-4-19)25-26(22-9-5-20(2)6-10-22)28(24-13-17-30-18-14-24)27(25)23-11-15-29-16-12-23/h3-18,25-28H,1-2H3/p+2/t25-,26+,27+,28-. The molecule has 30 heavy (non-hydrogen) atoms. The highest BCUT2D eigenvalue weighted by Gasteiger charge is 2.52. The first kappa shape index (κ1) is 18.7. The van der Waals surface area contributed by atoms with Crippen LogP contribution in [0.15, 0.2) is 97.6 Å². The summed E-state index contributed by atoms with van der Waals surface area (Å²) in [5.41, 5.74) is 8.29. The fraction of sp³-hybridized carbons (Fsp3) is 0.214. The van der Waals surface area contributed by atoms with Gasteiger partial charge in [0.2, 0.25) is 0 Å². The highest BCUT2D eigenvalue weighted by atomic mass is 14.6. The number of nitrogens with one attached hydrogen (secondary N) is 2. The molecule has 1 aliphatic rings. The third kappa shape index (κ3) is 3.33.